The minimum Gasteiger partial charge on any atom is -0.385 e. The third-order valence-electron chi connectivity index (χ3n) is 5.15. The molecule has 2 rings (SSSR count). The Bertz CT molecular complexity index is 692. The van der Waals surface area contributed by atoms with Gasteiger partial charge >= 0.3 is 0 Å². The summed E-state index contributed by atoms with van der Waals surface area (Å²) in [6.07, 6.45) is 5.25. The summed E-state index contributed by atoms with van der Waals surface area (Å²) in [6, 6.07) is 8.61. The second-order valence-corrected chi connectivity index (χ2v) is 9.31. The van der Waals surface area contributed by atoms with Crippen molar-refractivity contribution in [3.05, 3.63) is 30.3 Å². The van der Waals surface area contributed by atoms with Crippen LogP contribution in [0.4, 0.5) is 0 Å². The number of methoxy groups -OCH3 is 1. The van der Waals surface area contributed by atoms with Crippen LogP contribution in [0.25, 0.3) is 0 Å². The molecular formula is C20H34IN3O3S. The first-order valence-corrected chi connectivity index (χ1v) is 11.5. The molecular weight excluding hydrogens is 489 g/mol. The van der Waals surface area contributed by atoms with Gasteiger partial charge in [0.05, 0.1) is 10.6 Å². The van der Waals surface area contributed by atoms with Crippen molar-refractivity contribution < 1.29 is 13.2 Å². The van der Waals surface area contributed by atoms with Gasteiger partial charge in [-0.1, -0.05) is 24.6 Å². The highest BCUT2D eigenvalue weighted by Crippen LogP contribution is 2.44. The van der Waals surface area contributed by atoms with Gasteiger partial charge in [-0.2, -0.15) is 0 Å². The first-order chi connectivity index (χ1) is 13.0. The van der Waals surface area contributed by atoms with E-state index in [1.54, 1.807) is 31.4 Å². The Labute approximate surface area is 186 Å². The molecule has 8 heteroatoms. The molecule has 0 aromatic heterocycles. The summed E-state index contributed by atoms with van der Waals surface area (Å²) in [5.74, 6) is 0.889. The maximum atomic E-state index is 12.3. The van der Waals surface area contributed by atoms with Gasteiger partial charge < -0.3 is 15.4 Å². The summed E-state index contributed by atoms with van der Waals surface area (Å²) in [5, 5.41) is 6.51. The molecule has 2 N–H and O–H groups in total. The minimum absolute atomic E-state index is 0. The van der Waals surface area contributed by atoms with E-state index in [-0.39, 0.29) is 35.1 Å². The van der Waals surface area contributed by atoms with Crippen molar-refractivity contribution >= 4 is 39.8 Å². The fourth-order valence-electron chi connectivity index (χ4n) is 3.29. The van der Waals surface area contributed by atoms with E-state index >= 15 is 0 Å². The van der Waals surface area contributed by atoms with Crippen LogP contribution in [0.5, 0.6) is 0 Å². The van der Waals surface area contributed by atoms with E-state index in [9.17, 15) is 8.42 Å². The molecule has 1 aliphatic rings. The van der Waals surface area contributed by atoms with Gasteiger partial charge in [0.15, 0.2) is 15.8 Å². The van der Waals surface area contributed by atoms with Crippen molar-refractivity contribution in [2.24, 2.45) is 10.4 Å². The van der Waals surface area contributed by atoms with Crippen LogP contribution < -0.4 is 10.6 Å². The monoisotopic (exact) mass is 523 g/mol. The summed E-state index contributed by atoms with van der Waals surface area (Å²) < 4.78 is 29.9. The molecule has 1 saturated carbocycles. The lowest BCUT2D eigenvalue weighted by Gasteiger charge is -2.40. The molecule has 1 aromatic rings. The number of benzene rings is 1. The largest absolute Gasteiger partial charge is 0.385 e. The molecule has 28 heavy (non-hydrogen) atoms. The maximum Gasteiger partial charge on any atom is 0.191 e. The van der Waals surface area contributed by atoms with E-state index in [1.165, 1.54) is 19.3 Å². The van der Waals surface area contributed by atoms with E-state index in [0.717, 1.165) is 32.1 Å². The Hall–Kier alpha value is -0.870. The molecule has 1 aromatic carbocycles. The van der Waals surface area contributed by atoms with Crippen molar-refractivity contribution in [1.29, 1.82) is 0 Å². The van der Waals surface area contributed by atoms with Crippen LogP contribution in [0, 0.1) is 5.41 Å². The zero-order valence-electron chi connectivity index (χ0n) is 16.9. The molecule has 0 amide bonds. The van der Waals surface area contributed by atoms with Crippen LogP contribution in [0.2, 0.25) is 0 Å². The summed E-state index contributed by atoms with van der Waals surface area (Å²) in [6.45, 7) is 4.94. The van der Waals surface area contributed by atoms with Crippen LogP contribution in [-0.4, -0.2) is 53.5 Å². The van der Waals surface area contributed by atoms with Gasteiger partial charge in [-0.25, -0.2) is 8.42 Å². The molecule has 0 unspecified atom stereocenters. The van der Waals surface area contributed by atoms with Crippen molar-refractivity contribution in [3.8, 4) is 0 Å². The van der Waals surface area contributed by atoms with Crippen LogP contribution >= 0.6 is 24.0 Å². The lowest BCUT2D eigenvalue weighted by atomic mass is 9.67. The van der Waals surface area contributed by atoms with Gasteiger partial charge in [-0.15, -0.1) is 24.0 Å². The van der Waals surface area contributed by atoms with Crippen molar-refractivity contribution in [2.75, 3.05) is 39.1 Å². The Kier molecular flexibility index (Phi) is 11.4. The number of rotatable bonds is 11. The van der Waals surface area contributed by atoms with Gasteiger partial charge in [0.2, 0.25) is 0 Å². The molecule has 0 atom stereocenters. The highest BCUT2D eigenvalue weighted by Gasteiger charge is 2.36. The Morgan fingerprint density at radius 3 is 2.50 bits per heavy atom. The van der Waals surface area contributed by atoms with E-state index in [2.05, 4.69) is 10.6 Å². The lowest BCUT2D eigenvalue weighted by molar-refractivity contribution is 0.0778. The molecule has 0 bridgehead atoms. The normalized spacial score (nSPS) is 16.0. The summed E-state index contributed by atoms with van der Waals surface area (Å²) >= 11 is 0. The number of sulfone groups is 1. The van der Waals surface area contributed by atoms with Crippen molar-refractivity contribution in [2.45, 2.75) is 43.9 Å². The molecule has 0 saturated heterocycles. The van der Waals surface area contributed by atoms with E-state index in [0.29, 0.717) is 17.9 Å². The first kappa shape index (κ1) is 25.2. The predicted octanol–water partition coefficient (Wildman–Crippen LogP) is 3.23. The van der Waals surface area contributed by atoms with E-state index in [1.807, 2.05) is 13.0 Å². The van der Waals surface area contributed by atoms with Crippen LogP contribution in [0.3, 0.4) is 0 Å². The highest BCUT2D eigenvalue weighted by atomic mass is 127. The average Bonchev–Trinajstić information content (AvgIpc) is 2.64. The zero-order chi connectivity index (χ0) is 19.6. The zero-order valence-corrected chi connectivity index (χ0v) is 20.1. The number of nitrogens with zero attached hydrogens (tertiary/aromatic N) is 1. The molecule has 0 heterocycles. The maximum absolute atomic E-state index is 12.3. The fraction of sp³-hybridized carbons (Fsp3) is 0.650. The Morgan fingerprint density at radius 2 is 1.93 bits per heavy atom. The Balaban J connectivity index is 0.00000392. The van der Waals surface area contributed by atoms with Crippen molar-refractivity contribution in [1.82, 2.24) is 10.6 Å². The number of hydrogen-bond acceptors (Lipinski definition) is 4. The van der Waals surface area contributed by atoms with Crippen LogP contribution in [0.1, 0.15) is 39.0 Å². The van der Waals surface area contributed by atoms with E-state index in [4.69, 9.17) is 9.73 Å². The quantitative estimate of drug-likeness (QED) is 0.202. The summed E-state index contributed by atoms with van der Waals surface area (Å²) in [4.78, 5) is 5.13. The van der Waals surface area contributed by atoms with Gasteiger partial charge in [0.1, 0.15) is 0 Å². The number of hydrogen-bond donors (Lipinski definition) is 2. The number of aliphatic imine (C=N–C) groups is 1. The SMILES string of the molecule is CCNC(=NCC1(CCOC)CCC1)NCCCS(=O)(=O)c1ccccc1.I. The van der Waals surface area contributed by atoms with E-state index < -0.39 is 9.84 Å². The smallest absolute Gasteiger partial charge is 0.191 e. The number of nitrogens with one attached hydrogen (secondary N) is 2. The van der Waals surface area contributed by atoms with Crippen LogP contribution in [0.15, 0.2) is 40.2 Å². The topological polar surface area (TPSA) is 79.8 Å². The molecule has 0 spiro atoms. The number of halogens is 1. The van der Waals surface area contributed by atoms with Crippen molar-refractivity contribution in [3.63, 3.8) is 0 Å². The molecule has 0 radical (unpaired) electrons. The average molecular weight is 523 g/mol. The third kappa shape index (κ3) is 7.87. The Morgan fingerprint density at radius 1 is 1.21 bits per heavy atom. The number of ether oxygens (including phenoxy) is 1. The van der Waals surface area contributed by atoms with Gasteiger partial charge in [0, 0.05) is 33.4 Å². The van der Waals surface area contributed by atoms with Gasteiger partial charge in [0.25, 0.3) is 0 Å². The second kappa shape index (κ2) is 12.6. The summed E-state index contributed by atoms with van der Waals surface area (Å²) in [7, 11) is -1.48. The van der Waals surface area contributed by atoms with Gasteiger partial charge in [-0.3, -0.25) is 4.99 Å². The third-order valence-corrected chi connectivity index (χ3v) is 6.97. The molecule has 1 fully saturated rings. The fourth-order valence-corrected chi connectivity index (χ4v) is 4.62. The highest BCUT2D eigenvalue weighted by molar-refractivity contribution is 14.0. The predicted molar refractivity (Wildman–Crippen MR) is 125 cm³/mol. The number of guanidine groups is 1. The minimum atomic E-state index is -3.23. The molecule has 160 valence electrons. The second-order valence-electron chi connectivity index (χ2n) is 7.20. The van der Waals surface area contributed by atoms with Gasteiger partial charge in [-0.05, 0) is 50.2 Å². The summed E-state index contributed by atoms with van der Waals surface area (Å²) in [5.41, 5.74) is 0.273. The molecule has 6 nitrogen and oxygen atoms in total. The lowest BCUT2D eigenvalue weighted by Crippen LogP contribution is -2.40. The first-order valence-electron chi connectivity index (χ1n) is 9.80. The van der Waals surface area contributed by atoms with Crippen LogP contribution in [-0.2, 0) is 14.6 Å². The standard InChI is InChI=1S/C20H33N3O3S.HI/c1-3-21-19(23-17-20(11-7-12-20)13-15-26-2)22-14-8-16-27(24,25)18-9-5-4-6-10-18;/h4-6,9-10H,3,7-8,11-17H2,1-2H3,(H2,21,22,23);1H. The molecule has 1 aliphatic carbocycles. The molecule has 0 aliphatic heterocycles.